The third-order valence-electron chi connectivity index (χ3n) is 3.30. The van der Waals surface area contributed by atoms with Crippen molar-refractivity contribution in [2.75, 3.05) is 14.1 Å². The summed E-state index contributed by atoms with van der Waals surface area (Å²) in [5.74, 6) is -0.165. The van der Waals surface area contributed by atoms with Gasteiger partial charge in [0.05, 0.1) is 5.92 Å². The molecule has 1 aliphatic rings. The molecule has 0 saturated heterocycles. The van der Waals surface area contributed by atoms with Crippen LogP contribution in [0.25, 0.3) is 0 Å². The van der Waals surface area contributed by atoms with Crippen LogP contribution in [0.4, 0.5) is 0 Å². The molecule has 0 heterocycles. The number of amides is 1. The van der Waals surface area contributed by atoms with E-state index >= 15 is 0 Å². The first-order valence-electron chi connectivity index (χ1n) is 5.08. The van der Waals surface area contributed by atoms with E-state index in [1.54, 1.807) is 7.05 Å². The summed E-state index contributed by atoms with van der Waals surface area (Å²) in [4.78, 5) is 11.7. The molecule has 0 aliphatic heterocycles. The van der Waals surface area contributed by atoms with E-state index in [-0.39, 0.29) is 17.4 Å². The first-order valence-corrected chi connectivity index (χ1v) is 5.08. The van der Waals surface area contributed by atoms with E-state index in [0.29, 0.717) is 24.2 Å². The van der Waals surface area contributed by atoms with E-state index < -0.39 is 0 Å². The van der Waals surface area contributed by atoms with Gasteiger partial charge in [-0.15, -0.1) is 0 Å². The van der Waals surface area contributed by atoms with Crippen LogP contribution in [0.2, 0.25) is 0 Å². The molecule has 1 rings (SSSR count). The molecular formula is C10H20N4O. The van der Waals surface area contributed by atoms with E-state index in [1.165, 1.54) is 0 Å². The van der Waals surface area contributed by atoms with Crippen LogP contribution in [0.3, 0.4) is 0 Å². The number of carbonyl (C=O) groups excluding carboxylic acids is 1. The first kappa shape index (κ1) is 11.8. The van der Waals surface area contributed by atoms with Gasteiger partial charge in [0, 0.05) is 36.8 Å². The maximum Gasteiger partial charge on any atom is 0.225 e. The normalized spacial score (nSPS) is 31.5. The second kappa shape index (κ2) is 4.10. The van der Waals surface area contributed by atoms with Crippen molar-refractivity contribution in [2.24, 2.45) is 17.4 Å². The summed E-state index contributed by atoms with van der Waals surface area (Å²) in [6.07, 6.45) is 1.12. The van der Waals surface area contributed by atoms with Crippen LogP contribution in [0.15, 0.2) is 11.4 Å². The summed E-state index contributed by atoms with van der Waals surface area (Å²) in [7, 11) is 3.47. The van der Waals surface area contributed by atoms with Gasteiger partial charge in [-0.2, -0.15) is 0 Å². The van der Waals surface area contributed by atoms with Gasteiger partial charge in [-0.3, -0.25) is 4.79 Å². The van der Waals surface area contributed by atoms with Crippen LogP contribution < -0.4 is 22.1 Å². The largest absolute Gasteiger partial charge is 0.401 e. The Kier molecular flexibility index (Phi) is 3.24. The predicted octanol–water partition coefficient (Wildman–Crippen LogP) is -0.750. The van der Waals surface area contributed by atoms with Gasteiger partial charge in [0.1, 0.15) is 0 Å². The van der Waals surface area contributed by atoms with E-state index in [2.05, 4.69) is 10.6 Å². The van der Waals surface area contributed by atoms with Crippen molar-refractivity contribution in [3.05, 3.63) is 11.4 Å². The van der Waals surface area contributed by atoms with Gasteiger partial charge in [-0.05, 0) is 14.0 Å². The number of carbonyl (C=O) groups is 1. The lowest BCUT2D eigenvalue weighted by Gasteiger charge is -2.40. The molecule has 0 aromatic rings. The highest BCUT2D eigenvalue weighted by Gasteiger charge is 2.41. The third-order valence-corrected chi connectivity index (χ3v) is 3.30. The summed E-state index contributed by atoms with van der Waals surface area (Å²) in [6.45, 7) is 1.99. The Labute approximate surface area is 90.3 Å². The molecule has 1 amide bonds. The molecule has 0 aromatic carbocycles. The van der Waals surface area contributed by atoms with Gasteiger partial charge in [0.15, 0.2) is 0 Å². The fourth-order valence-electron chi connectivity index (χ4n) is 2.03. The van der Waals surface area contributed by atoms with Crippen LogP contribution in [-0.2, 0) is 4.79 Å². The Balaban J connectivity index is 3.00. The lowest BCUT2D eigenvalue weighted by Crippen LogP contribution is -2.55. The fourth-order valence-corrected chi connectivity index (χ4v) is 2.03. The average molecular weight is 212 g/mol. The van der Waals surface area contributed by atoms with Crippen LogP contribution in [0.1, 0.15) is 19.8 Å². The van der Waals surface area contributed by atoms with E-state index in [0.717, 1.165) is 0 Å². The van der Waals surface area contributed by atoms with Gasteiger partial charge < -0.3 is 22.1 Å². The first-order chi connectivity index (χ1) is 6.94. The second-order valence-corrected chi connectivity index (χ2v) is 4.27. The average Bonchev–Trinajstić information content (AvgIpc) is 2.22. The zero-order chi connectivity index (χ0) is 11.6. The van der Waals surface area contributed by atoms with Gasteiger partial charge in [0.25, 0.3) is 0 Å². The molecule has 2 atom stereocenters. The minimum absolute atomic E-state index is 0.00213. The number of hydrogen-bond acceptors (Lipinski definition) is 4. The molecule has 1 aliphatic carbocycles. The molecule has 0 bridgehead atoms. The highest BCUT2D eigenvalue weighted by atomic mass is 16.1. The zero-order valence-corrected chi connectivity index (χ0v) is 9.55. The maximum absolute atomic E-state index is 11.7. The Morgan fingerprint density at radius 1 is 1.40 bits per heavy atom. The van der Waals surface area contributed by atoms with Crippen molar-refractivity contribution >= 4 is 5.91 Å². The van der Waals surface area contributed by atoms with Gasteiger partial charge >= 0.3 is 0 Å². The smallest absolute Gasteiger partial charge is 0.225 e. The minimum Gasteiger partial charge on any atom is -0.401 e. The van der Waals surface area contributed by atoms with Gasteiger partial charge in [-0.25, -0.2) is 0 Å². The van der Waals surface area contributed by atoms with Gasteiger partial charge in [-0.1, -0.05) is 0 Å². The Hall–Kier alpha value is -1.23. The van der Waals surface area contributed by atoms with E-state index in [9.17, 15) is 4.79 Å². The zero-order valence-electron chi connectivity index (χ0n) is 9.55. The minimum atomic E-state index is -0.312. The molecule has 2 unspecified atom stereocenters. The summed E-state index contributed by atoms with van der Waals surface area (Å²) in [6, 6.07) is 0. The van der Waals surface area contributed by atoms with Crippen LogP contribution in [0.5, 0.6) is 0 Å². The SMILES string of the molecule is CNC(=O)C1CC(N)=C(N)CC1(C)NC. The fraction of sp³-hybridized carbons (Fsp3) is 0.700. The van der Waals surface area contributed by atoms with Crippen molar-refractivity contribution in [2.45, 2.75) is 25.3 Å². The second-order valence-electron chi connectivity index (χ2n) is 4.27. The molecular weight excluding hydrogens is 192 g/mol. The lowest BCUT2D eigenvalue weighted by molar-refractivity contribution is -0.127. The van der Waals surface area contributed by atoms with Gasteiger partial charge in [0.2, 0.25) is 5.91 Å². The Bertz CT molecular complexity index is 300. The molecule has 0 aromatic heterocycles. The highest BCUT2D eigenvalue weighted by molar-refractivity contribution is 5.80. The molecule has 86 valence electrons. The van der Waals surface area contributed by atoms with Crippen LogP contribution >= 0.6 is 0 Å². The molecule has 0 radical (unpaired) electrons. The quantitative estimate of drug-likeness (QED) is 0.484. The Morgan fingerprint density at radius 2 is 2.00 bits per heavy atom. The van der Waals surface area contributed by atoms with E-state index in [1.807, 2.05) is 14.0 Å². The van der Waals surface area contributed by atoms with Crippen molar-refractivity contribution < 1.29 is 4.79 Å². The number of hydrogen-bond donors (Lipinski definition) is 4. The lowest BCUT2D eigenvalue weighted by atomic mass is 9.74. The molecule has 0 fully saturated rings. The maximum atomic E-state index is 11.7. The van der Waals surface area contributed by atoms with Crippen molar-refractivity contribution in [1.82, 2.24) is 10.6 Å². The topological polar surface area (TPSA) is 93.2 Å². The molecule has 15 heavy (non-hydrogen) atoms. The number of allylic oxidation sites excluding steroid dienone is 1. The highest BCUT2D eigenvalue weighted by Crippen LogP contribution is 2.33. The summed E-state index contributed by atoms with van der Waals surface area (Å²) >= 11 is 0. The van der Waals surface area contributed by atoms with Crippen molar-refractivity contribution in [3.8, 4) is 0 Å². The number of nitrogens with one attached hydrogen (secondary N) is 2. The molecule has 0 spiro atoms. The summed E-state index contributed by atoms with van der Waals surface area (Å²) in [5, 5.41) is 5.83. The van der Waals surface area contributed by atoms with E-state index in [4.69, 9.17) is 11.5 Å². The van der Waals surface area contributed by atoms with Crippen LogP contribution in [-0.4, -0.2) is 25.5 Å². The van der Waals surface area contributed by atoms with Crippen molar-refractivity contribution in [1.29, 1.82) is 0 Å². The Morgan fingerprint density at radius 3 is 2.47 bits per heavy atom. The third kappa shape index (κ3) is 2.07. The summed E-state index contributed by atoms with van der Waals surface area (Å²) in [5.41, 5.74) is 12.6. The number of rotatable bonds is 2. The molecule has 5 heteroatoms. The standard InChI is InChI=1S/C10H20N4O/c1-10(14-3)5-8(12)7(11)4-6(10)9(15)13-2/h6,14H,4-5,11-12H2,1-3H3,(H,13,15). The molecule has 5 nitrogen and oxygen atoms in total. The molecule has 0 saturated carbocycles. The number of nitrogens with two attached hydrogens (primary N) is 2. The predicted molar refractivity (Wildman–Crippen MR) is 59.7 cm³/mol. The van der Waals surface area contributed by atoms with Crippen molar-refractivity contribution in [3.63, 3.8) is 0 Å². The molecule has 6 N–H and O–H groups in total. The van der Waals surface area contributed by atoms with Crippen LogP contribution in [0, 0.1) is 5.92 Å². The monoisotopic (exact) mass is 212 g/mol. The summed E-state index contributed by atoms with van der Waals surface area (Å²) < 4.78 is 0.